The molecule has 0 aromatic heterocycles. The van der Waals surface area contributed by atoms with Crippen LogP contribution in [-0.4, -0.2) is 96.2 Å². The van der Waals surface area contributed by atoms with E-state index in [1.807, 2.05) is 22.6 Å². The van der Waals surface area contributed by atoms with Crippen LogP contribution in [0, 0.1) is 10.5 Å². The fraction of sp³-hybridized carbons (Fsp3) is 0.696. The highest BCUT2D eigenvalue weighted by molar-refractivity contribution is 14.1. The van der Waals surface area contributed by atoms with E-state index in [4.69, 9.17) is 39.2 Å². The first-order valence-electron chi connectivity index (χ1n) is 11.6. The summed E-state index contributed by atoms with van der Waals surface area (Å²) in [6, 6.07) is 0. The number of hydrogen-bond donors (Lipinski definition) is 4. The van der Waals surface area contributed by atoms with Crippen molar-refractivity contribution >= 4 is 39.5 Å². The zero-order chi connectivity index (χ0) is 27.6. The number of thioether (sulfide) groups is 1. The molecule has 37 heavy (non-hydrogen) atoms. The van der Waals surface area contributed by atoms with Crippen LogP contribution in [-0.2, 0) is 19.0 Å². The Hall–Kier alpha value is -0.950. The van der Waals surface area contributed by atoms with E-state index in [9.17, 15) is 20.1 Å². The van der Waals surface area contributed by atoms with Gasteiger partial charge in [-0.1, -0.05) is 11.8 Å². The third-order valence-electron chi connectivity index (χ3n) is 6.48. The van der Waals surface area contributed by atoms with Gasteiger partial charge in [0.1, 0.15) is 18.3 Å². The minimum atomic E-state index is -1.31. The normalized spacial score (nSPS) is 34.2. The maximum Gasteiger partial charge on any atom is 0.229 e. The average Bonchev–Trinajstić information content (AvgIpc) is 2.87. The molecule has 3 rings (SSSR count). The van der Waals surface area contributed by atoms with Crippen molar-refractivity contribution in [2.75, 3.05) is 21.3 Å². The summed E-state index contributed by atoms with van der Waals surface area (Å²) < 4.78 is 34.4. The molecule has 1 aromatic carbocycles. The lowest BCUT2D eigenvalue weighted by molar-refractivity contribution is -0.273. The van der Waals surface area contributed by atoms with Gasteiger partial charge in [-0.2, -0.15) is 0 Å². The van der Waals surface area contributed by atoms with Gasteiger partial charge in [0.25, 0.3) is 0 Å². The number of nitrogens with two attached hydrogens (primary N) is 1. The van der Waals surface area contributed by atoms with Gasteiger partial charge in [-0.15, -0.1) is 0 Å². The van der Waals surface area contributed by atoms with Gasteiger partial charge in [0.2, 0.25) is 17.2 Å². The summed E-state index contributed by atoms with van der Waals surface area (Å²) in [7, 11) is 4.17. The molecule has 0 unspecified atom stereocenters. The SMILES string of the molecule is COc1c(O[C@@H]2O[C@@H](C)[C@H](O)[C@@H](OC)[C@H]2O)c(I)c(C)c(C(=O)S[C@H]2[C@@H](O)C[C@H](ON)O[C@@H]2C)c1OC. The van der Waals surface area contributed by atoms with E-state index in [0.717, 1.165) is 11.8 Å². The summed E-state index contributed by atoms with van der Waals surface area (Å²) in [6.07, 6.45) is -7.23. The molecule has 2 heterocycles. The predicted octanol–water partition coefficient (Wildman–Crippen LogP) is 1.11. The second kappa shape index (κ2) is 12.9. The van der Waals surface area contributed by atoms with E-state index < -0.39 is 54.5 Å². The van der Waals surface area contributed by atoms with Crippen molar-refractivity contribution in [1.82, 2.24) is 0 Å². The molecule has 14 heteroatoms. The van der Waals surface area contributed by atoms with E-state index in [1.165, 1.54) is 21.3 Å². The van der Waals surface area contributed by atoms with Crippen LogP contribution in [0.2, 0.25) is 0 Å². The Morgan fingerprint density at radius 1 is 1.03 bits per heavy atom. The fourth-order valence-corrected chi connectivity index (χ4v) is 6.22. The van der Waals surface area contributed by atoms with Gasteiger partial charge in [-0.25, -0.2) is 5.90 Å². The largest absolute Gasteiger partial charge is 0.492 e. The van der Waals surface area contributed by atoms with Crippen LogP contribution in [0.4, 0.5) is 0 Å². The van der Waals surface area contributed by atoms with Crippen molar-refractivity contribution in [2.45, 2.75) is 81.6 Å². The summed E-state index contributed by atoms with van der Waals surface area (Å²) in [5.74, 6) is 5.63. The van der Waals surface area contributed by atoms with Crippen molar-refractivity contribution in [1.29, 1.82) is 0 Å². The van der Waals surface area contributed by atoms with Crippen molar-refractivity contribution in [2.24, 2.45) is 5.90 Å². The zero-order valence-electron chi connectivity index (χ0n) is 21.4. The lowest BCUT2D eigenvalue weighted by atomic mass is 9.99. The van der Waals surface area contributed by atoms with E-state index in [-0.39, 0.29) is 34.3 Å². The number of halogens is 1. The Morgan fingerprint density at radius 2 is 1.68 bits per heavy atom. The molecule has 0 amide bonds. The third kappa shape index (κ3) is 6.13. The van der Waals surface area contributed by atoms with Gasteiger partial charge in [0.15, 0.2) is 17.8 Å². The van der Waals surface area contributed by atoms with E-state index in [2.05, 4.69) is 0 Å². The standard InChI is InChI=1S/C23H34INO11S/c1-8-13(22(29)37-21-10(3)33-12(36-25)7-11(21)26)17(30-4)20(32-6)18(14(8)24)35-23-16(28)19(31-5)15(27)9(2)34-23/h9-12,15-16,19,21,23,26-28H,7,25H2,1-6H3/t9-,10+,11-,12-,15-,16+,19+,21+,23-/m0/s1. The second-order valence-electron chi connectivity index (χ2n) is 8.80. The van der Waals surface area contributed by atoms with Crippen molar-refractivity contribution in [3.05, 3.63) is 14.7 Å². The molecule has 2 fully saturated rings. The molecule has 2 aliphatic heterocycles. The smallest absolute Gasteiger partial charge is 0.229 e. The number of benzene rings is 1. The first kappa shape index (κ1) is 30.6. The van der Waals surface area contributed by atoms with E-state index in [0.29, 0.717) is 9.13 Å². The molecule has 0 spiro atoms. The molecule has 5 N–H and O–H groups in total. The minimum absolute atomic E-state index is 0.120. The first-order chi connectivity index (χ1) is 17.5. The summed E-state index contributed by atoms with van der Waals surface area (Å²) >= 11 is 2.94. The van der Waals surface area contributed by atoms with Gasteiger partial charge >= 0.3 is 0 Å². The van der Waals surface area contributed by atoms with Crippen molar-refractivity contribution < 1.29 is 53.4 Å². The number of methoxy groups -OCH3 is 3. The lowest BCUT2D eigenvalue weighted by Crippen LogP contribution is -2.59. The molecule has 0 bridgehead atoms. The molecule has 0 aliphatic carbocycles. The molecule has 2 aliphatic rings. The highest BCUT2D eigenvalue weighted by Crippen LogP contribution is 2.48. The Balaban J connectivity index is 1.95. The highest BCUT2D eigenvalue weighted by Gasteiger charge is 2.45. The van der Waals surface area contributed by atoms with Gasteiger partial charge < -0.3 is 43.7 Å². The molecule has 0 radical (unpaired) electrons. The molecular formula is C23H34INO11S. The van der Waals surface area contributed by atoms with E-state index >= 15 is 0 Å². The first-order valence-corrected chi connectivity index (χ1v) is 13.5. The van der Waals surface area contributed by atoms with Crippen LogP contribution < -0.4 is 20.1 Å². The quantitative estimate of drug-likeness (QED) is 0.232. The monoisotopic (exact) mass is 659 g/mol. The summed E-state index contributed by atoms with van der Waals surface area (Å²) in [5.41, 5.74) is 0.774. The van der Waals surface area contributed by atoms with Gasteiger partial charge in [0.05, 0.1) is 46.9 Å². The number of carbonyl (C=O) groups is 1. The maximum absolute atomic E-state index is 13.5. The molecular weight excluding hydrogens is 625 g/mol. The molecule has 1 aromatic rings. The van der Waals surface area contributed by atoms with Gasteiger partial charge in [-0.3, -0.25) is 9.63 Å². The Kier molecular flexibility index (Phi) is 10.7. The molecule has 9 atom stereocenters. The van der Waals surface area contributed by atoms with Crippen LogP contribution in [0.25, 0.3) is 0 Å². The average molecular weight is 659 g/mol. The third-order valence-corrected chi connectivity index (χ3v) is 9.17. The van der Waals surface area contributed by atoms with Gasteiger partial charge in [0, 0.05) is 13.5 Å². The number of aliphatic hydroxyl groups is 3. The Bertz CT molecular complexity index is 957. The predicted molar refractivity (Wildman–Crippen MR) is 141 cm³/mol. The number of ether oxygens (including phenoxy) is 6. The van der Waals surface area contributed by atoms with Crippen molar-refractivity contribution in [3.63, 3.8) is 0 Å². The maximum atomic E-state index is 13.5. The zero-order valence-corrected chi connectivity index (χ0v) is 24.3. The topological polar surface area (TPSA) is 168 Å². The second-order valence-corrected chi connectivity index (χ2v) is 11.0. The highest BCUT2D eigenvalue weighted by atomic mass is 127. The van der Waals surface area contributed by atoms with Crippen LogP contribution in [0.1, 0.15) is 36.2 Å². The van der Waals surface area contributed by atoms with Gasteiger partial charge in [-0.05, 0) is 48.9 Å². The van der Waals surface area contributed by atoms with Crippen molar-refractivity contribution in [3.8, 4) is 17.2 Å². The van der Waals surface area contributed by atoms with Crippen LogP contribution in [0.3, 0.4) is 0 Å². The van der Waals surface area contributed by atoms with E-state index in [1.54, 1.807) is 20.8 Å². The summed E-state index contributed by atoms with van der Waals surface area (Å²) in [4.78, 5) is 18.2. The minimum Gasteiger partial charge on any atom is -0.492 e. The Morgan fingerprint density at radius 3 is 2.22 bits per heavy atom. The molecule has 210 valence electrons. The lowest BCUT2D eigenvalue weighted by Gasteiger charge is -2.40. The molecule has 2 saturated heterocycles. The van der Waals surface area contributed by atoms with Crippen LogP contribution in [0.5, 0.6) is 17.2 Å². The fourth-order valence-electron chi connectivity index (χ4n) is 4.45. The Labute approximate surface area is 233 Å². The summed E-state index contributed by atoms with van der Waals surface area (Å²) in [6.45, 7) is 5.09. The van der Waals surface area contributed by atoms with Crippen LogP contribution >= 0.6 is 34.4 Å². The number of carbonyl (C=O) groups excluding carboxylic acids is 1. The number of aliphatic hydroxyl groups excluding tert-OH is 3. The van der Waals surface area contributed by atoms with Crippen LogP contribution in [0.15, 0.2) is 0 Å². The number of rotatable bonds is 8. The summed E-state index contributed by atoms with van der Waals surface area (Å²) in [5, 5.41) is 30.6. The number of hydrogen-bond acceptors (Lipinski definition) is 13. The molecule has 12 nitrogen and oxygen atoms in total. The molecule has 0 saturated carbocycles.